The molecule has 82 heavy (non-hydrogen) atoms. The number of carbonyl (C=O) groups excluding carboxylic acids is 1. The molecule has 1 fully saturated rings. The van der Waals surface area contributed by atoms with E-state index in [1.54, 1.807) is 49.5 Å². The van der Waals surface area contributed by atoms with Crippen molar-refractivity contribution in [1.29, 1.82) is 0 Å². The summed E-state index contributed by atoms with van der Waals surface area (Å²) in [6.07, 6.45) is 6.13. The third-order valence-corrected chi connectivity index (χ3v) is 15.3. The second-order valence-corrected chi connectivity index (χ2v) is 21.1. The van der Waals surface area contributed by atoms with E-state index in [9.17, 15) is 35.2 Å². The van der Waals surface area contributed by atoms with Crippen LogP contribution in [0.1, 0.15) is 70.8 Å². The summed E-state index contributed by atoms with van der Waals surface area (Å²) in [5.74, 6) is 1.37. The van der Waals surface area contributed by atoms with E-state index < -0.39 is 0 Å². The Morgan fingerprint density at radius 2 is 1.22 bits per heavy atom. The fraction of sp³-hybridized carbons (Fsp3) is 0.188. The molecule has 0 amide bonds. The zero-order chi connectivity index (χ0) is 57.5. The van der Waals surface area contributed by atoms with Gasteiger partial charge in [-0.25, -0.2) is 0 Å². The Morgan fingerprint density at radius 1 is 0.634 bits per heavy atom. The minimum atomic E-state index is -0.326. The molecule has 1 aliphatic rings. The van der Waals surface area contributed by atoms with Gasteiger partial charge in [0, 0.05) is 51.8 Å². The first-order valence-corrected chi connectivity index (χ1v) is 28.2. The number of likely N-dealkylation sites (N-methyl/N-ethyl adjacent to an activating group) is 1. The van der Waals surface area contributed by atoms with Crippen molar-refractivity contribution in [3.63, 3.8) is 0 Å². The van der Waals surface area contributed by atoms with Gasteiger partial charge in [-0.05, 0) is 157 Å². The Bertz CT molecular complexity index is 3820. The molecule has 418 valence electrons. The summed E-state index contributed by atoms with van der Waals surface area (Å²) in [5, 5.41) is 50.1. The summed E-state index contributed by atoms with van der Waals surface area (Å²) in [6.45, 7) is 8.92. The van der Waals surface area contributed by atoms with E-state index in [0.717, 1.165) is 80.3 Å². The second kappa shape index (κ2) is 27.5. The minimum Gasteiger partial charge on any atom is -0.508 e. The van der Waals surface area contributed by atoms with Crippen molar-refractivity contribution in [3.05, 3.63) is 238 Å². The van der Waals surface area contributed by atoms with Gasteiger partial charge in [0.15, 0.2) is 5.78 Å². The molecule has 10 aromatic rings. The maximum absolute atomic E-state index is 13.6. The molecular weight excluding hydrogens is 1050 g/mol. The highest BCUT2D eigenvalue weighted by Gasteiger charge is 2.23. The van der Waals surface area contributed by atoms with Gasteiger partial charge < -0.3 is 39.5 Å². The lowest BCUT2D eigenvalue weighted by atomic mass is 9.88. The van der Waals surface area contributed by atoms with Crippen molar-refractivity contribution < 1.29 is 44.3 Å². The fourth-order valence-corrected chi connectivity index (χ4v) is 11.1. The highest BCUT2D eigenvalue weighted by Crippen LogP contribution is 2.42. The zero-order valence-electron chi connectivity index (χ0n) is 46.1. The number of nitrogens with zero attached hydrogens (tertiary/aromatic N) is 2. The van der Waals surface area contributed by atoms with Crippen molar-refractivity contribution in [2.45, 2.75) is 39.5 Å². The molecule has 0 saturated carbocycles. The van der Waals surface area contributed by atoms with Crippen LogP contribution < -0.4 is 14.9 Å². The van der Waals surface area contributed by atoms with Crippen LogP contribution in [0.25, 0.3) is 53.8 Å². The number of phenolic OH excluding ortho intramolecular Hbond substituents is 4. The predicted octanol–water partition coefficient (Wildman–Crippen LogP) is 15.0. The number of ether oxygens (including phenoxy) is 2. The molecular formula is C69H66N2O10S. The number of hydrogen-bond donors (Lipinski definition) is 5. The quantitative estimate of drug-likeness (QED) is 0.0353. The fourth-order valence-electron chi connectivity index (χ4n) is 9.90. The molecule has 2 aromatic heterocycles. The minimum absolute atomic E-state index is 0.0703. The molecule has 5 N–H and O–H groups in total. The third-order valence-electron chi connectivity index (χ3n) is 14.1. The molecule has 8 aromatic carbocycles. The summed E-state index contributed by atoms with van der Waals surface area (Å²) in [7, 11) is 1.61. The lowest BCUT2D eigenvalue weighted by Crippen LogP contribution is -2.33. The van der Waals surface area contributed by atoms with Crippen molar-refractivity contribution in [1.82, 2.24) is 9.96 Å². The number of aromatic hydroxyl groups is 4. The topological polar surface area (TPSA) is 173 Å². The first-order chi connectivity index (χ1) is 39.8. The van der Waals surface area contributed by atoms with Crippen LogP contribution >= 0.6 is 11.3 Å². The van der Waals surface area contributed by atoms with Gasteiger partial charge in [0.2, 0.25) is 5.43 Å². The molecule has 1 saturated heterocycles. The van der Waals surface area contributed by atoms with Gasteiger partial charge >= 0.3 is 0 Å². The molecule has 12 nitrogen and oxygen atoms in total. The molecule has 0 aliphatic carbocycles. The first kappa shape index (κ1) is 57.7. The highest BCUT2D eigenvalue weighted by atomic mass is 32.1. The second-order valence-electron chi connectivity index (χ2n) is 20.0. The van der Waals surface area contributed by atoms with Crippen LogP contribution in [0.5, 0.6) is 34.5 Å². The maximum Gasteiger partial charge on any atom is 0.204 e. The lowest BCUT2D eigenvalue weighted by molar-refractivity contribution is -0.0713. The number of benzene rings is 8. The number of fused-ring (bicyclic) bond motifs is 2. The van der Waals surface area contributed by atoms with Gasteiger partial charge in [-0.3, -0.25) is 14.5 Å². The van der Waals surface area contributed by atoms with Crippen LogP contribution in [0, 0.1) is 6.92 Å². The lowest BCUT2D eigenvalue weighted by Gasteiger charge is -2.26. The van der Waals surface area contributed by atoms with E-state index in [1.807, 2.05) is 73.7 Å². The number of hydrogen-bond acceptors (Lipinski definition) is 13. The van der Waals surface area contributed by atoms with Crippen LogP contribution in [-0.4, -0.2) is 87.8 Å². The Kier molecular flexibility index (Phi) is 19.3. The average Bonchev–Trinajstić information content (AvgIpc) is 4.00. The summed E-state index contributed by atoms with van der Waals surface area (Å²) >= 11 is 1.46. The van der Waals surface area contributed by atoms with E-state index >= 15 is 0 Å². The summed E-state index contributed by atoms with van der Waals surface area (Å²) in [5.41, 5.74) is 10.2. The van der Waals surface area contributed by atoms with Crippen molar-refractivity contribution in [2.75, 3.05) is 46.4 Å². The Hall–Kier alpha value is -8.98. The van der Waals surface area contributed by atoms with Crippen LogP contribution in [0.2, 0.25) is 0 Å². The number of likely N-dealkylation sites (tertiary alicyclic amines) is 1. The number of ketones is 1. The molecule has 11 rings (SSSR count). The normalized spacial score (nSPS) is 12.7. The number of aryl methyl sites for hydroxylation is 1. The van der Waals surface area contributed by atoms with Gasteiger partial charge in [0.05, 0.1) is 12.1 Å². The number of hydroxylamine groups is 2. The predicted molar refractivity (Wildman–Crippen MR) is 328 cm³/mol. The monoisotopic (exact) mass is 1110 g/mol. The number of thiophene rings is 1. The molecule has 0 spiro atoms. The number of carbonyl (C=O) groups is 1. The number of piperidine rings is 1. The summed E-state index contributed by atoms with van der Waals surface area (Å²) < 4.78 is 17.8. The largest absolute Gasteiger partial charge is 0.508 e. The smallest absolute Gasteiger partial charge is 0.204 e. The summed E-state index contributed by atoms with van der Waals surface area (Å²) in [6, 6.07) is 58.4. The van der Waals surface area contributed by atoms with Gasteiger partial charge in [-0.1, -0.05) is 116 Å². The SMILES string of the molecule is CC/C(=C(\c1ccccc1)c1ccc(OCCN(C)O)cc1)c1ccccc1.Cc1ccc(-c2coc3cc(O)cc(O)c3c2=O)cc1.O=C(c1ccc(OCCN2CCCCC2)cc1)c1c(-c2ccc(O)cc2)sc2cc(O)ccc12. The number of allylic oxidation sites excluding steroid dienone is 1. The number of rotatable bonds is 16. The molecule has 0 radical (unpaired) electrons. The van der Waals surface area contributed by atoms with Crippen molar-refractivity contribution in [2.24, 2.45) is 0 Å². The van der Waals surface area contributed by atoms with E-state index in [0.29, 0.717) is 36.4 Å². The molecule has 0 atom stereocenters. The van der Waals surface area contributed by atoms with Gasteiger partial charge in [0.25, 0.3) is 0 Å². The Morgan fingerprint density at radius 3 is 1.85 bits per heavy atom. The highest BCUT2D eigenvalue weighted by molar-refractivity contribution is 7.22. The van der Waals surface area contributed by atoms with Crippen LogP contribution in [0.3, 0.4) is 0 Å². The van der Waals surface area contributed by atoms with E-state index in [1.165, 1.54) is 70.8 Å². The van der Waals surface area contributed by atoms with E-state index in [2.05, 4.69) is 78.6 Å². The van der Waals surface area contributed by atoms with Crippen molar-refractivity contribution in [3.8, 4) is 56.1 Å². The molecule has 0 unspecified atom stereocenters. The van der Waals surface area contributed by atoms with Gasteiger partial charge in [0.1, 0.15) is 64.9 Å². The molecule has 13 heteroatoms. The van der Waals surface area contributed by atoms with E-state index in [-0.39, 0.29) is 45.2 Å². The Balaban J connectivity index is 0.000000153. The number of phenols is 4. The zero-order valence-corrected chi connectivity index (χ0v) is 46.9. The molecule has 0 bridgehead atoms. The maximum atomic E-state index is 13.6. The average molecular weight is 1120 g/mol. The van der Waals surface area contributed by atoms with Crippen LogP contribution in [-0.2, 0) is 0 Å². The van der Waals surface area contributed by atoms with Crippen LogP contribution in [0.4, 0.5) is 0 Å². The summed E-state index contributed by atoms with van der Waals surface area (Å²) in [4.78, 5) is 29.3. The third kappa shape index (κ3) is 14.5. The Labute approximate surface area is 481 Å². The first-order valence-electron chi connectivity index (χ1n) is 27.4. The molecule has 3 heterocycles. The van der Waals surface area contributed by atoms with Crippen molar-refractivity contribution >= 4 is 49.3 Å². The van der Waals surface area contributed by atoms with Gasteiger partial charge in [-0.15, -0.1) is 11.3 Å². The van der Waals surface area contributed by atoms with E-state index in [4.69, 9.17) is 13.9 Å². The standard InChI is InChI=1S/C28H27NO4S.C25H27NO2.C16H12O4/c30-21-8-4-20(5-9-21)28-26(24-13-10-22(31)18-25(24)34-28)27(32)19-6-11-23(12-7-19)33-17-16-29-14-2-1-3-15-29;1-3-24(20-10-6-4-7-11-20)25(21-12-8-5-9-13-21)22-14-16-23(17-15-22)28-19-18-26(2)27;1-9-2-4-10(5-3-9)12-8-20-14-7-11(17)6-13(18)15(14)16(12)19/h4-13,18,30-31H,1-3,14-17H2;4-17,27H,3,18-19H2,1-2H3;2-8,17-18H,1H3/b;25-24-;. The van der Waals surface area contributed by atoms with Gasteiger partial charge in [-0.2, -0.15) is 5.06 Å². The van der Waals surface area contributed by atoms with Crippen LogP contribution in [0.15, 0.2) is 204 Å². The molecule has 1 aliphatic heterocycles.